The van der Waals surface area contributed by atoms with Gasteiger partial charge in [-0.2, -0.15) is 0 Å². The van der Waals surface area contributed by atoms with Crippen LogP contribution in [0.5, 0.6) is 5.75 Å². The van der Waals surface area contributed by atoms with Crippen LogP contribution in [-0.2, 0) is 7.05 Å². The zero-order valence-electron chi connectivity index (χ0n) is 13.2. The number of aryl methyl sites for hydroxylation is 2. The number of fused-ring (bicyclic) bond motifs is 3. The molecule has 23 heavy (non-hydrogen) atoms. The summed E-state index contributed by atoms with van der Waals surface area (Å²) in [6, 6.07) is 17.7. The SMILES string of the molecule is Cc1cc(N)c2c(c1-c1ccccc1O)c1ccccc1n2C. The molecule has 0 spiro atoms. The number of phenolic OH excluding ortho intramolecular Hbond substituents is 1. The molecule has 3 nitrogen and oxygen atoms in total. The minimum atomic E-state index is 0.287. The lowest BCUT2D eigenvalue weighted by Gasteiger charge is -2.13. The Morgan fingerprint density at radius 2 is 1.70 bits per heavy atom. The van der Waals surface area contributed by atoms with Gasteiger partial charge in [-0.3, -0.25) is 0 Å². The third kappa shape index (κ3) is 1.83. The van der Waals surface area contributed by atoms with Crippen LogP contribution in [0.1, 0.15) is 5.56 Å². The minimum absolute atomic E-state index is 0.287. The first-order chi connectivity index (χ1) is 11.1. The quantitative estimate of drug-likeness (QED) is 0.505. The molecule has 4 rings (SSSR count). The summed E-state index contributed by atoms with van der Waals surface area (Å²) in [5.41, 5.74) is 12.2. The molecule has 0 fully saturated rings. The van der Waals surface area contributed by atoms with Crippen molar-refractivity contribution in [2.75, 3.05) is 5.73 Å². The van der Waals surface area contributed by atoms with Crippen molar-refractivity contribution in [3.63, 3.8) is 0 Å². The van der Waals surface area contributed by atoms with Gasteiger partial charge in [0.1, 0.15) is 5.75 Å². The highest BCUT2D eigenvalue weighted by Gasteiger charge is 2.19. The maximum Gasteiger partial charge on any atom is 0.123 e. The number of nitrogens with two attached hydrogens (primary N) is 1. The topological polar surface area (TPSA) is 51.2 Å². The first-order valence-corrected chi connectivity index (χ1v) is 7.64. The van der Waals surface area contributed by atoms with Crippen LogP contribution in [-0.4, -0.2) is 9.67 Å². The van der Waals surface area contributed by atoms with Crippen molar-refractivity contribution in [1.29, 1.82) is 0 Å². The number of nitrogens with zero attached hydrogens (tertiary/aromatic N) is 1. The highest BCUT2D eigenvalue weighted by molar-refractivity contribution is 6.19. The van der Waals surface area contributed by atoms with Crippen LogP contribution in [0.3, 0.4) is 0 Å². The van der Waals surface area contributed by atoms with Crippen LogP contribution in [0.2, 0.25) is 0 Å². The number of para-hydroxylation sites is 2. The standard InChI is InChI=1S/C20H18N2O/c1-12-11-15(21)20-19(13-7-3-5-9-16(13)22(20)2)18(12)14-8-4-6-10-17(14)23/h3-11,23H,21H2,1-2H3. The molecule has 0 aliphatic heterocycles. The number of benzene rings is 3. The predicted octanol–water partition coefficient (Wildman–Crippen LogP) is 4.59. The van der Waals surface area contributed by atoms with Gasteiger partial charge in [-0.05, 0) is 36.2 Å². The average Bonchev–Trinajstić information content (AvgIpc) is 2.83. The van der Waals surface area contributed by atoms with Crippen LogP contribution >= 0.6 is 0 Å². The van der Waals surface area contributed by atoms with E-state index >= 15 is 0 Å². The smallest absolute Gasteiger partial charge is 0.123 e. The molecule has 0 saturated heterocycles. The number of hydrogen-bond acceptors (Lipinski definition) is 2. The molecule has 3 heteroatoms. The zero-order valence-corrected chi connectivity index (χ0v) is 13.2. The number of nitrogen functional groups attached to an aromatic ring is 1. The van der Waals surface area contributed by atoms with E-state index in [1.165, 1.54) is 0 Å². The van der Waals surface area contributed by atoms with E-state index in [2.05, 4.69) is 16.7 Å². The van der Waals surface area contributed by atoms with Crippen molar-refractivity contribution in [3.05, 3.63) is 60.2 Å². The van der Waals surface area contributed by atoms with Gasteiger partial charge in [0, 0.05) is 28.9 Å². The molecule has 0 bridgehead atoms. The molecule has 0 atom stereocenters. The molecule has 3 N–H and O–H groups in total. The van der Waals surface area contributed by atoms with Gasteiger partial charge >= 0.3 is 0 Å². The molecule has 3 aromatic carbocycles. The molecule has 0 unspecified atom stereocenters. The van der Waals surface area contributed by atoms with Crippen LogP contribution in [0, 0.1) is 6.92 Å². The zero-order chi connectivity index (χ0) is 16.1. The molecule has 1 aromatic heterocycles. The molecule has 0 aliphatic carbocycles. The summed E-state index contributed by atoms with van der Waals surface area (Å²) in [4.78, 5) is 0. The summed E-state index contributed by atoms with van der Waals surface area (Å²) in [6.07, 6.45) is 0. The second kappa shape index (κ2) is 4.78. The number of anilines is 1. The number of hydrogen-bond donors (Lipinski definition) is 2. The molecule has 1 heterocycles. The summed E-state index contributed by atoms with van der Waals surface area (Å²) in [7, 11) is 2.03. The van der Waals surface area contributed by atoms with Gasteiger partial charge in [0.25, 0.3) is 0 Å². The van der Waals surface area contributed by atoms with Crippen molar-refractivity contribution in [2.24, 2.45) is 7.05 Å². The Bertz CT molecular complexity index is 1060. The summed E-state index contributed by atoms with van der Waals surface area (Å²) in [6.45, 7) is 2.04. The minimum Gasteiger partial charge on any atom is -0.507 e. The lowest BCUT2D eigenvalue weighted by Crippen LogP contribution is -1.96. The maximum absolute atomic E-state index is 10.4. The number of aromatic nitrogens is 1. The van der Waals surface area contributed by atoms with E-state index in [9.17, 15) is 5.11 Å². The first kappa shape index (κ1) is 13.7. The molecule has 0 aliphatic rings. The van der Waals surface area contributed by atoms with Crippen LogP contribution < -0.4 is 5.73 Å². The molecular formula is C20H18N2O. The molecule has 4 aromatic rings. The van der Waals surface area contributed by atoms with Crippen molar-refractivity contribution < 1.29 is 5.11 Å². The normalized spacial score (nSPS) is 11.4. The summed E-state index contributed by atoms with van der Waals surface area (Å²) in [5.74, 6) is 0.287. The Morgan fingerprint density at radius 3 is 2.48 bits per heavy atom. The van der Waals surface area contributed by atoms with E-state index in [4.69, 9.17) is 5.73 Å². The average molecular weight is 302 g/mol. The van der Waals surface area contributed by atoms with E-state index in [1.807, 2.05) is 50.4 Å². The summed E-state index contributed by atoms with van der Waals surface area (Å²) < 4.78 is 2.13. The number of rotatable bonds is 1. The van der Waals surface area contributed by atoms with Gasteiger partial charge in [0.2, 0.25) is 0 Å². The second-order valence-electron chi connectivity index (χ2n) is 5.97. The van der Waals surface area contributed by atoms with Crippen molar-refractivity contribution in [2.45, 2.75) is 6.92 Å². The fraction of sp³-hybridized carbons (Fsp3) is 0.100. The monoisotopic (exact) mass is 302 g/mol. The van der Waals surface area contributed by atoms with Gasteiger partial charge in [-0.1, -0.05) is 36.4 Å². The Kier molecular flexibility index (Phi) is 2.85. The Morgan fingerprint density at radius 1 is 1.00 bits per heavy atom. The second-order valence-corrected chi connectivity index (χ2v) is 5.97. The molecular weight excluding hydrogens is 284 g/mol. The lowest BCUT2D eigenvalue weighted by molar-refractivity contribution is 0.477. The van der Waals surface area contributed by atoms with Gasteiger partial charge in [-0.15, -0.1) is 0 Å². The van der Waals surface area contributed by atoms with Crippen molar-refractivity contribution in [1.82, 2.24) is 4.57 Å². The molecule has 0 amide bonds. The third-order valence-corrected chi connectivity index (χ3v) is 4.57. The van der Waals surface area contributed by atoms with E-state index < -0.39 is 0 Å². The van der Waals surface area contributed by atoms with E-state index in [0.29, 0.717) is 0 Å². The molecule has 0 saturated carbocycles. The van der Waals surface area contributed by atoms with Crippen LogP contribution in [0.25, 0.3) is 32.9 Å². The van der Waals surface area contributed by atoms with Crippen molar-refractivity contribution >= 4 is 27.5 Å². The predicted molar refractivity (Wildman–Crippen MR) is 96.7 cm³/mol. The molecule has 0 radical (unpaired) electrons. The first-order valence-electron chi connectivity index (χ1n) is 7.64. The summed E-state index contributed by atoms with van der Waals surface area (Å²) >= 11 is 0. The van der Waals surface area contributed by atoms with Crippen LogP contribution in [0.15, 0.2) is 54.6 Å². The van der Waals surface area contributed by atoms with Crippen molar-refractivity contribution in [3.8, 4) is 16.9 Å². The van der Waals surface area contributed by atoms with Gasteiger partial charge in [0.15, 0.2) is 0 Å². The largest absolute Gasteiger partial charge is 0.507 e. The third-order valence-electron chi connectivity index (χ3n) is 4.57. The Balaban J connectivity index is 2.30. The lowest BCUT2D eigenvalue weighted by atomic mass is 9.93. The maximum atomic E-state index is 10.4. The fourth-order valence-electron chi connectivity index (χ4n) is 3.59. The van der Waals surface area contributed by atoms with E-state index in [-0.39, 0.29) is 5.75 Å². The summed E-state index contributed by atoms with van der Waals surface area (Å²) in [5, 5.41) is 12.6. The highest BCUT2D eigenvalue weighted by atomic mass is 16.3. The number of phenols is 1. The van der Waals surface area contributed by atoms with Gasteiger partial charge in [0.05, 0.1) is 11.2 Å². The van der Waals surface area contributed by atoms with E-state index in [1.54, 1.807) is 6.07 Å². The Hall–Kier alpha value is -2.94. The van der Waals surface area contributed by atoms with Crippen LogP contribution in [0.4, 0.5) is 5.69 Å². The van der Waals surface area contributed by atoms with Gasteiger partial charge in [-0.25, -0.2) is 0 Å². The van der Waals surface area contributed by atoms with E-state index in [0.717, 1.165) is 44.2 Å². The highest BCUT2D eigenvalue weighted by Crippen LogP contribution is 2.43. The molecule has 114 valence electrons. The fourth-order valence-corrected chi connectivity index (χ4v) is 3.59. The Labute approximate surface area is 134 Å². The van der Waals surface area contributed by atoms with Gasteiger partial charge < -0.3 is 15.4 Å². The number of aromatic hydroxyl groups is 1.